The van der Waals surface area contributed by atoms with Crippen LogP contribution in [0.15, 0.2) is 24.3 Å². The predicted molar refractivity (Wildman–Crippen MR) is 80.2 cm³/mol. The zero-order valence-corrected chi connectivity index (χ0v) is 12.4. The summed E-state index contributed by atoms with van der Waals surface area (Å²) in [5, 5.41) is 2.79. The largest absolute Gasteiger partial charge is 0.328 e. The van der Waals surface area contributed by atoms with E-state index in [0.29, 0.717) is 18.8 Å². The van der Waals surface area contributed by atoms with Crippen molar-refractivity contribution in [3.05, 3.63) is 30.1 Å². The molecule has 1 unspecified atom stereocenters. The van der Waals surface area contributed by atoms with Gasteiger partial charge in [0.15, 0.2) is 0 Å². The molecule has 20 heavy (non-hydrogen) atoms. The van der Waals surface area contributed by atoms with E-state index in [-0.39, 0.29) is 17.4 Å². The number of urea groups is 1. The Hall–Kier alpha value is -1.62. The Kier molecular flexibility index (Phi) is 5.95. The Bertz CT molecular complexity index is 429. The maximum absolute atomic E-state index is 12.9. The molecular formula is C15H24FN3O. The number of nitrogens with zero attached hydrogens (tertiary/aromatic N) is 1. The van der Waals surface area contributed by atoms with E-state index in [4.69, 9.17) is 5.73 Å². The summed E-state index contributed by atoms with van der Waals surface area (Å²) in [5.41, 5.74) is 6.03. The van der Waals surface area contributed by atoms with E-state index in [1.54, 1.807) is 17.0 Å². The Balaban J connectivity index is 2.86. The van der Waals surface area contributed by atoms with Crippen LogP contribution in [0.2, 0.25) is 0 Å². The van der Waals surface area contributed by atoms with Crippen LogP contribution in [-0.2, 0) is 0 Å². The molecule has 4 nitrogen and oxygen atoms in total. The van der Waals surface area contributed by atoms with Crippen LogP contribution in [-0.4, -0.2) is 29.6 Å². The molecule has 2 amide bonds. The molecule has 112 valence electrons. The molecule has 1 rings (SSSR count). The minimum atomic E-state index is -0.375. The summed E-state index contributed by atoms with van der Waals surface area (Å²) < 4.78 is 12.9. The molecule has 0 heterocycles. The minimum absolute atomic E-state index is 0.201. The van der Waals surface area contributed by atoms with Gasteiger partial charge in [-0.1, -0.05) is 13.8 Å². The number of nitrogens with one attached hydrogen (secondary N) is 1. The molecule has 0 radical (unpaired) electrons. The molecule has 1 atom stereocenters. The third-order valence-corrected chi connectivity index (χ3v) is 3.64. The second-order valence-electron chi connectivity index (χ2n) is 5.14. The molecular weight excluding hydrogens is 257 g/mol. The fourth-order valence-corrected chi connectivity index (χ4v) is 2.01. The first kappa shape index (κ1) is 16.4. The molecule has 1 aromatic carbocycles. The van der Waals surface area contributed by atoms with Gasteiger partial charge < -0.3 is 16.0 Å². The topological polar surface area (TPSA) is 58.4 Å². The number of nitrogens with two attached hydrogens (primary N) is 1. The summed E-state index contributed by atoms with van der Waals surface area (Å²) in [6.07, 6.45) is 1.63. The summed E-state index contributed by atoms with van der Waals surface area (Å²) in [7, 11) is 0. The number of carbonyl (C=O) groups is 1. The molecule has 0 aliphatic heterocycles. The normalized spacial score (nSPS) is 13.7. The first-order valence-electron chi connectivity index (χ1n) is 7.01. The first-order chi connectivity index (χ1) is 9.46. The summed E-state index contributed by atoms with van der Waals surface area (Å²) in [6.45, 7) is 7.05. The third-order valence-electron chi connectivity index (χ3n) is 3.64. The molecule has 0 saturated carbocycles. The average Bonchev–Trinajstić information content (AvgIpc) is 2.46. The van der Waals surface area contributed by atoms with Crippen molar-refractivity contribution < 1.29 is 9.18 Å². The zero-order chi connectivity index (χ0) is 15.2. The summed E-state index contributed by atoms with van der Waals surface area (Å²) in [4.78, 5) is 14.2. The van der Waals surface area contributed by atoms with Crippen LogP contribution < -0.4 is 11.1 Å². The van der Waals surface area contributed by atoms with Crippen molar-refractivity contribution in [1.82, 2.24) is 4.90 Å². The highest BCUT2D eigenvalue weighted by Gasteiger charge is 2.31. The lowest BCUT2D eigenvalue weighted by molar-refractivity contribution is 0.135. The van der Waals surface area contributed by atoms with Crippen molar-refractivity contribution in [3.63, 3.8) is 0 Å². The van der Waals surface area contributed by atoms with Gasteiger partial charge in [-0.15, -0.1) is 0 Å². The second-order valence-corrected chi connectivity index (χ2v) is 5.14. The Morgan fingerprint density at radius 2 is 1.95 bits per heavy atom. The average molecular weight is 281 g/mol. The van der Waals surface area contributed by atoms with Gasteiger partial charge in [0.1, 0.15) is 5.82 Å². The molecule has 0 aliphatic rings. The van der Waals surface area contributed by atoms with E-state index in [1.165, 1.54) is 12.1 Å². The van der Waals surface area contributed by atoms with E-state index in [2.05, 4.69) is 5.32 Å². The number of hydrogen-bond acceptors (Lipinski definition) is 2. The van der Waals surface area contributed by atoms with Crippen molar-refractivity contribution in [1.29, 1.82) is 0 Å². The smallest absolute Gasteiger partial charge is 0.322 e. The van der Waals surface area contributed by atoms with Crippen LogP contribution in [0.3, 0.4) is 0 Å². The number of hydrogen-bond donors (Lipinski definition) is 2. The highest BCUT2D eigenvalue weighted by atomic mass is 19.1. The van der Waals surface area contributed by atoms with Gasteiger partial charge in [0.05, 0.1) is 5.54 Å². The fourth-order valence-electron chi connectivity index (χ4n) is 2.01. The second kappa shape index (κ2) is 7.24. The molecule has 0 aliphatic carbocycles. The Morgan fingerprint density at radius 1 is 1.35 bits per heavy atom. The quantitative estimate of drug-likeness (QED) is 0.841. The standard InChI is InChI=1S/C15H24FN3O/c1-4-10-19(15(3,5-2)11-17)14(20)18-13-8-6-12(16)7-9-13/h6-9H,4-5,10-11,17H2,1-3H3,(H,18,20). The van der Waals surface area contributed by atoms with Crippen LogP contribution in [0.4, 0.5) is 14.9 Å². The maximum Gasteiger partial charge on any atom is 0.322 e. The van der Waals surface area contributed by atoms with Gasteiger partial charge in [-0.2, -0.15) is 0 Å². The summed E-state index contributed by atoms with van der Waals surface area (Å²) >= 11 is 0. The monoisotopic (exact) mass is 281 g/mol. The Morgan fingerprint density at radius 3 is 2.40 bits per heavy atom. The molecule has 0 saturated heterocycles. The molecule has 0 fully saturated rings. The lowest BCUT2D eigenvalue weighted by Crippen LogP contribution is -2.55. The molecule has 5 heteroatoms. The van der Waals surface area contributed by atoms with Crippen molar-refractivity contribution in [2.75, 3.05) is 18.4 Å². The maximum atomic E-state index is 12.9. The third kappa shape index (κ3) is 3.93. The SMILES string of the molecule is CCCN(C(=O)Nc1ccc(F)cc1)C(C)(CC)CN. The molecule has 0 bridgehead atoms. The van der Waals surface area contributed by atoms with Crippen LogP contribution in [0, 0.1) is 5.82 Å². The van der Waals surface area contributed by atoms with E-state index in [1.807, 2.05) is 20.8 Å². The van der Waals surface area contributed by atoms with Crippen molar-refractivity contribution in [3.8, 4) is 0 Å². The summed E-state index contributed by atoms with van der Waals surface area (Å²) in [5.74, 6) is -0.325. The number of benzene rings is 1. The zero-order valence-electron chi connectivity index (χ0n) is 12.4. The number of carbonyl (C=O) groups excluding carboxylic acids is 1. The van der Waals surface area contributed by atoms with E-state index in [0.717, 1.165) is 12.8 Å². The van der Waals surface area contributed by atoms with Crippen molar-refractivity contribution in [2.45, 2.75) is 39.2 Å². The van der Waals surface area contributed by atoms with E-state index >= 15 is 0 Å². The minimum Gasteiger partial charge on any atom is -0.328 e. The van der Waals surface area contributed by atoms with Gasteiger partial charge in [-0.3, -0.25) is 0 Å². The highest BCUT2D eigenvalue weighted by molar-refractivity contribution is 5.89. The van der Waals surface area contributed by atoms with Crippen LogP contribution in [0.1, 0.15) is 33.6 Å². The first-order valence-corrected chi connectivity index (χ1v) is 7.01. The molecule has 0 spiro atoms. The van der Waals surface area contributed by atoms with Gasteiger partial charge >= 0.3 is 6.03 Å². The van der Waals surface area contributed by atoms with Crippen LogP contribution >= 0.6 is 0 Å². The van der Waals surface area contributed by atoms with Gasteiger partial charge in [-0.05, 0) is 44.0 Å². The predicted octanol–water partition coefficient (Wildman–Crippen LogP) is 3.20. The Labute approximate surface area is 120 Å². The van der Waals surface area contributed by atoms with E-state index < -0.39 is 0 Å². The van der Waals surface area contributed by atoms with Gasteiger partial charge in [0.25, 0.3) is 0 Å². The van der Waals surface area contributed by atoms with Gasteiger partial charge in [-0.25, -0.2) is 9.18 Å². The van der Waals surface area contributed by atoms with Crippen LogP contribution in [0.5, 0.6) is 0 Å². The molecule has 0 aromatic heterocycles. The number of amides is 2. The van der Waals surface area contributed by atoms with Crippen molar-refractivity contribution in [2.24, 2.45) is 5.73 Å². The lowest BCUT2D eigenvalue weighted by Gasteiger charge is -2.40. The molecule has 1 aromatic rings. The highest BCUT2D eigenvalue weighted by Crippen LogP contribution is 2.20. The van der Waals surface area contributed by atoms with Gasteiger partial charge in [0.2, 0.25) is 0 Å². The number of halogens is 1. The summed E-state index contributed by atoms with van der Waals surface area (Å²) in [6, 6.07) is 5.53. The van der Waals surface area contributed by atoms with Crippen LogP contribution in [0.25, 0.3) is 0 Å². The van der Waals surface area contributed by atoms with Crippen molar-refractivity contribution >= 4 is 11.7 Å². The lowest BCUT2D eigenvalue weighted by atomic mass is 9.96. The molecule has 3 N–H and O–H groups in total. The number of rotatable bonds is 6. The van der Waals surface area contributed by atoms with Gasteiger partial charge in [0, 0.05) is 18.8 Å². The fraction of sp³-hybridized carbons (Fsp3) is 0.533. The van der Waals surface area contributed by atoms with E-state index in [9.17, 15) is 9.18 Å². The number of anilines is 1.